The van der Waals surface area contributed by atoms with Crippen LogP contribution in [0.4, 0.5) is 8.78 Å². The van der Waals surface area contributed by atoms with E-state index in [2.05, 4.69) is 5.32 Å². The zero-order valence-corrected chi connectivity index (χ0v) is 4.73. The second kappa shape index (κ2) is 2.02. The zero-order chi connectivity index (χ0) is 6.91. The quantitative estimate of drug-likeness (QED) is 0.520. The topological polar surface area (TPSA) is 29.1 Å². The minimum atomic E-state index is -2.68. The van der Waals surface area contributed by atoms with Gasteiger partial charge in [-0.15, -0.1) is 0 Å². The van der Waals surface area contributed by atoms with E-state index in [1.807, 2.05) is 0 Å². The smallest absolute Gasteiger partial charge is 0.262 e. The number of carbonyl (C=O) groups excluding carboxylic acids is 1. The second-order valence-corrected chi connectivity index (χ2v) is 2.18. The van der Waals surface area contributed by atoms with E-state index in [1.165, 1.54) is 0 Å². The molecule has 1 atom stereocenters. The summed E-state index contributed by atoms with van der Waals surface area (Å²) in [5.41, 5.74) is 0. The molecule has 52 valence electrons. The minimum absolute atomic E-state index is 0.351. The summed E-state index contributed by atoms with van der Waals surface area (Å²) in [5.74, 6) is -2.68. The van der Waals surface area contributed by atoms with Gasteiger partial charge in [0.05, 0.1) is 12.6 Å². The van der Waals surface area contributed by atoms with Crippen LogP contribution in [0.2, 0.25) is 0 Å². The van der Waals surface area contributed by atoms with Crippen molar-refractivity contribution in [2.24, 2.45) is 0 Å². The van der Waals surface area contributed by atoms with Gasteiger partial charge in [0, 0.05) is 6.42 Å². The van der Waals surface area contributed by atoms with Gasteiger partial charge in [0.2, 0.25) is 0 Å². The minimum Gasteiger partial charge on any atom is -0.302 e. The van der Waals surface area contributed by atoms with Crippen LogP contribution in [-0.4, -0.2) is 24.8 Å². The highest BCUT2D eigenvalue weighted by molar-refractivity contribution is 5.58. The molecule has 1 heterocycles. The molecule has 0 spiro atoms. The van der Waals surface area contributed by atoms with Gasteiger partial charge >= 0.3 is 0 Å². The number of nitrogens with one attached hydrogen (secondary N) is 1. The fourth-order valence-electron chi connectivity index (χ4n) is 0.843. The lowest BCUT2D eigenvalue weighted by molar-refractivity contribution is -0.109. The van der Waals surface area contributed by atoms with Crippen molar-refractivity contribution in [1.29, 1.82) is 0 Å². The summed E-state index contributed by atoms with van der Waals surface area (Å²) in [4.78, 5) is 9.90. The number of alkyl halides is 2. The van der Waals surface area contributed by atoms with Crippen LogP contribution in [0.25, 0.3) is 0 Å². The number of carbonyl (C=O) groups is 1. The summed E-state index contributed by atoms with van der Waals surface area (Å²) in [6.45, 7) is -0.365. The Bertz CT molecular complexity index is 126. The van der Waals surface area contributed by atoms with E-state index in [-0.39, 0.29) is 13.0 Å². The summed E-state index contributed by atoms with van der Waals surface area (Å²) < 4.78 is 24.3. The monoisotopic (exact) mass is 135 g/mol. The van der Waals surface area contributed by atoms with Crippen molar-refractivity contribution >= 4 is 6.29 Å². The SMILES string of the molecule is O=C[C@@H]1CC(F)(F)CN1. The van der Waals surface area contributed by atoms with Crippen LogP contribution in [0, 0.1) is 0 Å². The molecule has 1 N–H and O–H groups in total. The van der Waals surface area contributed by atoms with Crippen LogP contribution >= 0.6 is 0 Å². The van der Waals surface area contributed by atoms with E-state index in [4.69, 9.17) is 0 Å². The maximum atomic E-state index is 12.2. The van der Waals surface area contributed by atoms with Crippen LogP contribution < -0.4 is 5.32 Å². The zero-order valence-electron chi connectivity index (χ0n) is 4.73. The van der Waals surface area contributed by atoms with E-state index >= 15 is 0 Å². The third-order valence-corrected chi connectivity index (χ3v) is 1.31. The summed E-state index contributed by atoms with van der Waals surface area (Å²) in [6, 6.07) is -0.639. The van der Waals surface area contributed by atoms with Crippen molar-refractivity contribution < 1.29 is 13.6 Å². The first kappa shape index (κ1) is 6.61. The first-order chi connectivity index (χ1) is 4.14. The van der Waals surface area contributed by atoms with E-state index in [1.54, 1.807) is 0 Å². The Labute approximate surface area is 51.2 Å². The van der Waals surface area contributed by atoms with Crippen molar-refractivity contribution in [3.63, 3.8) is 0 Å². The van der Waals surface area contributed by atoms with Crippen molar-refractivity contribution in [2.45, 2.75) is 18.4 Å². The Morgan fingerprint density at radius 1 is 1.67 bits per heavy atom. The fourth-order valence-corrected chi connectivity index (χ4v) is 0.843. The van der Waals surface area contributed by atoms with Gasteiger partial charge in [-0.05, 0) is 0 Å². The van der Waals surface area contributed by atoms with Crippen molar-refractivity contribution in [3.05, 3.63) is 0 Å². The second-order valence-electron chi connectivity index (χ2n) is 2.18. The lowest BCUT2D eigenvalue weighted by Gasteiger charge is -2.02. The molecule has 4 heteroatoms. The van der Waals surface area contributed by atoms with Crippen LogP contribution in [0.3, 0.4) is 0 Å². The van der Waals surface area contributed by atoms with Gasteiger partial charge < -0.3 is 10.1 Å². The predicted molar refractivity (Wildman–Crippen MR) is 27.4 cm³/mol. The first-order valence-electron chi connectivity index (χ1n) is 2.70. The van der Waals surface area contributed by atoms with Gasteiger partial charge in [-0.2, -0.15) is 0 Å². The lowest BCUT2D eigenvalue weighted by atomic mass is 10.2. The van der Waals surface area contributed by atoms with Gasteiger partial charge in [-0.1, -0.05) is 0 Å². The number of hydrogen-bond donors (Lipinski definition) is 1. The predicted octanol–water partition coefficient (Wildman–Crippen LogP) is 0.182. The molecule has 0 saturated carbocycles. The highest BCUT2D eigenvalue weighted by Crippen LogP contribution is 2.23. The average molecular weight is 135 g/mol. The van der Waals surface area contributed by atoms with Gasteiger partial charge in [0.1, 0.15) is 6.29 Å². The highest BCUT2D eigenvalue weighted by atomic mass is 19.3. The molecule has 1 saturated heterocycles. The maximum Gasteiger partial charge on any atom is 0.262 e. The molecule has 0 bridgehead atoms. The Balaban J connectivity index is 2.47. The molecule has 0 unspecified atom stereocenters. The molecule has 9 heavy (non-hydrogen) atoms. The molecular formula is C5H7F2NO. The molecular weight excluding hydrogens is 128 g/mol. The Morgan fingerprint density at radius 2 is 2.33 bits per heavy atom. The van der Waals surface area contributed by atoms with Crippen LogP contribution in [-0.2, 0) is 4.79 Å². The largest absolute Gasteiger partial charge is 0.302 e. The first-order valence-corrected chi connectivity index (χ1v) is 2.70. The van der Waals surface area contributed by atoms with Crippen LogP contribution in [0.5, 0.6) is 0 Å². The third kappa shape index (κ3) is 1.45. The number of halogens is 2. The molecule has 0 radical (unpaired) electrons. The standard InChI is InChI=1S/C5H7F2NO/c6-5(7)1-4(2-9)8-3-5/h2,4,8H,1,3H2/t4-/m0/s1. The Kier molecular flexibility index (Phi) is 1.48. The molecule has 1 rings (SSSR count). The summed E-state index contributed by atoms with van der Waals surface area (Å²) in [5, 5.41) is 2.38. The summed E-state index contributed by atoms with van der Waals surface area (Å²) in [6.07, 6.45) is 0.164. The van der Waals surface area contributed by atoms with Crippen LogP contribution in [0.1, 0.15) is 6.42 Å². The average Bonchev–Trinajstić information content (AvgIpc) is 2.10. The normalized spacial score (nSPS) is 32.4. The number of hydrogen-bond acceptors (Lipinski definition) is 2. The third-order valence-electron chi connectivity index (χ3n) is 1.31. The highest BCUT2D eigenvalue weighted by Gasteiger charge is 2.38. The molecule has 2 nitrogen and oxygen atoms in total. The maximum absolute atomic E-state index is 12.2. The van der Waals surface area contributed by atoms with Crippen LogP contribution in [0.15, 0.2) is 0 Å². The van der Waals surface area contributed by atoms with E-state index in [0.29, 0.717) is 6.29 Å². The molecule has 0 amide bonds. The molecule has 0 aliphatic carbocycles. The fraction of sp³-hybridized carbons (Fsp3) is 0.800. The van der Waals surface area contributed by atoms with E-state index in [9.17, 15) is 13.6 Å². The van der Waals surface area contributed by atoms with Gasteiger partial charge in [0.15, 0.2) is 0 Å². The molecule has 1 aliphatic rings. The van der Waals surface area contributed by atoms with Gasteiger partial charge in [0.25, 0.3) is 5.92 Å². The lowest BCUT2D eigenvalue weighted by Crippen LogP contribution is -2.23. The van der Waals surface area contributed by atoms with Gasteiger partial charge in [-0.25, -0.2) is 8.78 Å². The summed E-state index contributed by atoms with van der Waals surface area (Å²) in [7, 11) is 0. The molecule has 0 aromatic heterocycles. The molecule has 0 aromatic carbocycles. The van der Waals surface area contributed by atoms with Crippen molar-refractivity contribution in [1.82, 2.24) is 5.32 Å². The molecule has 1 fully saturated rings. The van der Waals surface area contributed by atoms with Crippen molar-refractivity contribution in [3.8, 4) is 0 Å². The Hall–Kier alpha value is -0.510. The van der Waals surface area contributed by atoms with Crippen molar-refractivity contribution in [2.75, 3.05) is 6.54 Å². The molecule has 0 aromatic rings. The molecule has 1 aliphatic heterocycles. The van der Waals surface area contributed by atoms with E-state index in [0.717, 1.165) is 0 Å². The Morgan fingerprint density at radius 3 is 2.56 bits per heavy atom. The van der Waals surface area contributed by atoms with E-state index < -0.39 is 12.0 Å². The number of aldehydes is 1. The van der Waals surface area contributed by atoms with Gasteiger partial charge in [-0.3, -0.25) is 0 Å². The summed E-state index contributed by atoms with van der Waals surface area (Å²) >= 11 is 0. The number of rotatable bonds is 1.